The van der Waals surface area contributed by atoms with Gasteiger partial charge in [-0.15, -0.1) is 0 Å². The summed E-state index contributed by atoms with van der Waals surface area (Å²) >= 11 is 0. The molecule has 1 aliphatic heterocycles. The zero-order chi connectivity index (χ0) is 20.5. The van der Waals surface area contributed by atoms with E-state index in [1.165, 1.54) is 0 Å². The molecule has 1 aliphatic rings. The first-order valence-corrected chi connectivity index (χ1v) is 11.1. The van der Waals surface area contributed by atoms with Gasteiger partial charge in [0.25, 0.3) is 5.91 Å². The highest BCUT2D eigenvalue weighted by Crippen LogP contribution is 2.27. The van der Waals surface area contributed by atoms with E-state index in [2.05, 4.69) is 24.2 Å². The molecule has 1 amide bonds. The summed E-state index contributed by atoms with van der Waals surface area (Å²) in [6, 6.07) is 5.17. The number of ether oxygens (including phenoxy) is 1. The smallest absolute Gasteiger partial charge is 0.267 e. The number of amides is 1. The second-order valence-corrected chi connectivity index (χ2v) is 9.59. The van der Waals surface area contributed by atoms with Gasteiger partial charge in [-0.3, -0.25) is 4.79 Å². The molecule has 10 heteroatoms. The third-order valence-corrected chi connectivity index (χ3v) is 4.77. The molecule has 3 heterocycles. The van der Waals surface area contributed by atoms with E-state index in [9.17, 15) is 9.00 Å². The van der Waals surface area contributed by atoms with Gasteiger partial charge in [-0.2, -0.15) is 4.36 Å². The van der Waals surface area contributed by atoms with Crippen molar-refractivity contribution in [2.75, 3.05) is 37.2 Å². The van der Waals surface area contributed by atoms with Crippen LogP contribution in [-0.4, -0.2) is 63.4 Å². The van der Waals surface area contributed by atoms with E-state index >= 15 is 0 Å². The number of hydrogen-bond acceptors (Lipinski definition) is 8. The number of rotatable bonds is 4. The average Bonchev–Trinajstić information content (AvgIpc) is 2.59. The summed E-state index contributed by atoms with van der Waals surface area (Å²) in [5.41, 5.74) is 6.74. The minimum atomic E-state index is -2.41. The van der Waals surface area contributed by atoms with Crippen LogP contribution in [0, 0.1) is 6.92 Å². The molecule has 0 bridgehead atoms. The molecule has 3 rings (SSSR count). The normalized spacial score (nSPS) is 17.4. The van der Waals surface area contributed by atoms with E-state index in [0.717, 1.165) is 0 Å². The predicted octanol–water partition coefficient (Wildman–Crippen LogP) is 1.53. The Labute approximate surface area is 164 Å². The number of hydrogen-bond donors (Lipinski definition) is 1. The highest BCUT2D eigenvalue weighted by Gasteiger charge is 2.22. The SMILES string of the molecule is Cc1cc(-c2nc(N=S(C)(C)=O)cc(N3CCOC[C@H]3C)n2)cc(C(N)=O)n1. The van der Waals surface area contributed by atoms with Gasteiger partial charge in [0.1, 0.15) is 11.5 Å². The summed E-state index contributed by atoms with van der Waals surface area (Å²) in [5.74, 6) is 0.728. The average molecular weight is 404 g/mol. The van der Waals surface area contributed by atoms with Gasteiger partial charge in [0.2, 0.25) is 0 Å². The first kappa shape index (κ1) is 20.2. The molecule has 0 unspecified atom stereocenters. The third kappa shape index (κ3) is 4.82. The highest BCUT2D eigenvalue weighted by molar-refractivity contribution is 7.92. The lowest BCUT2D eigenvalue weighted by Gasteiger charge is -2.34. The summed E-state index contributed by atoms with van der Waals surface area (Å²) in [6.45, 7) is 5.66. The standard InChI is InChI=1S/C18H24N6O3S/c1-11-7-13(8-14(20-11)17(19)25)18-21-15(23-28(3,4)26)9-16(22-18)24-5-6-27-10-12(24)2/h7-9,12H,5-6,10H2,1-4H3,(H2,19,25)/t12-/m1/s1. The van der Waals surface area contributed by atoms with Crippen LogP contribution in [0.1, 0.15) is 23.1 Å². The molecule has 2 aromatic heterocycles. The van der Waals surface area contributed by atoms with Gasteiger partial charge in [0.05, 0.1) is 19.3 Å². The van der Waals surface area contributed by atoms with E-state index < -0.39 is 15.6 Å². The van der Waals surface area contributed by atoms with Crippen LogP contribution in [0.3, 0.4) is 0 Å². The summed E-state index contributed by atoms with van der Waals surface area (Å²) in [6.07, 6.45) is 3.10. The molecule has 1 atom stereocenters. The maximum atomic E-state index is 12.2. The number of primary amides is 1. The molecule has 9 nitrogen and oxygen atoms in total. The number of aryl methyl sites for hydroxylation is 1. The second kappa shape index (κ2) is 7.80. The summed E-state index contributed by atoms with van der Waals surface area (Å²) in [4.78, 5) is 27.0. The Morgan fingerprint density at radius 1 is 1.29 bits per heavy atom. The minimum absolute atomic E-state index is 0.123. The largest absolute Gasteiger partial charge is 0.377 e. The molecule has 0 radical (unpaired) electrons. The van der Waals surface area contributed by atoms with E-state index in [0.29, 0.717) is 48.5 Å². The quantitative estimate of drug-likeness (QED) is 0.819. The zero-order valence-electron chi connectivity index (χ0n) is 16.4. The van der Waals surface area contributed by atoms with Crippen molar-refractivity contribution in [2.45, 2.75) is 19.9 Å². The maximum Gasteiger partial charge on any atom is 0.267 e. The number of nitrogens with zero attached hydrogens (tertiary/aromatic N) is 5. The Bertz CT molecular complexity index is 1020. The molecule has 28 heavy (non-hydrogen) atoms. The van der Waals surface area contributed by atoms with Crippen LogP contribution in [0.15, 0.2) is 22.6 Å². The number of morpholine rings is 1. The second-order valence-electron chi connectivity index (χ2n) is 7.04. The van der Waals surface area contributed by atoms with Crippen molar-refractivity contribution in [3.05, 3.63) is 29.6 Å². The van der Waals surface area contributed by atoms with Crippen molar-refractivity contribution in [3.63, 3.8) is 0 Å². The molecular formula is C18H24N6O3S. The van der Waals surface area contributed by atoms with Crippen LogP contribution in [0.5, 0.6) is 0 Å². The first-order chi connectivity index (χ1) is 13.1. The van der Waals surface area contributed by atoms with E-state index in [1.54, 1.807) is 37.6 Å². The van der Waals surface area contributed by atoms with Gasteiger partial charge in [-0.1, -0.05) is 0 Å². The Balaban J connectivity index is 2.18. The third-order valence-electron chi connectivity index (χ3n) is 4.14. The number of nitrogens with two attached hydrogens (primary N) is 1. The first-order valence-electron chi connectivity index (χ1n) is 8.82. The van der Waals surface area contributed by atoms with Gasteiger partial charge in [-0.05, 0) is 26.0 Å². The van der Waals surface area contributed by atoms with E-state index in [-0.39, 0.29) is 11.7 Å². The van der Waals surface area contributed by atoms with Crippen molar-refractivity contribution >= 4 is 27.3 Å². The summed E-state index contributed by atoms with van der Waals surface area (Å²) < 4.78 is 22.0. The fraction of sp³-hybridized carbons (Fsp3) is 0.444. The lowest BCUT2D eigenvalue weighted by molar-refractivity contribution is 0.0985. The maximum absolute atomic E-state index is 12.2. The molecule has 1 saturated heterocycles. The van der Waals surface area contributed by atoms with Crippen LogP contribution in [0.4, 0.5) is 11.6 Å². The molecule has 0 saturated carbocycles. The molecule has 150 valence electrons. The number of pyridine rings is 1. The van der Waals surface area contributed by atoms with Crippen LogP contribution >= 0.6 is 0 Å². The van der Waals surface area contributed by atoms with Gasteiger partial charge in [-0.25, -0.2) is 19.2 Å². The molecule has 0 aliphatic carbocycles. The van der Waals surface area contributed by atoms with Crippen molar-refractivity contribution in [3.8, 4) is 11.4 Å². The van der Waals surface area contributed by atoms with Gasteiger partial charge >= 0.3 is 0 Å². The van der Waals surface area contributed by atoms with Crippen molar-refractivity contribution in [2.24, 2.45) is 10.1 Å². The Kier molecular flexibility index (Phi) is 5.61. The number of carbonyl (C=O) groups excluding carboxylic acids is 1. The van der Waals surface area contributed by atoms with Crippen LogP contribution in [0.25, 0.3) is 11.4 Å². The fourth-order valence-electron chi connectivity index (χ4n) is 2.96. The monoisotopic (exact) mass is 404 g/mol. The molecule has 0 spiro atoms. The minimum Gasteiger partial charge on any atom is -0.377 e. The fourth-order valence-corrected chi connectivity index (χ4v) is 3.51. The highest BCUT2D eigenvalue weighted by atomic mass is 32.2. The van der Waals surface area contributed by atoms with Crippen molar-refractivity contribution in [1.29, 1.82) is 0 Å². The zero-order valence-corrected chi connectivity index (χ0v) is 17.2. The summed E-state index contributed by atoms with van der Waals surface area (Å²) in [5, 5.41) is 0. The molecular weight excluding hydrogens is 380 g/mol. The van der Waals surface area contributed by atoms with Crippen LogP contribution in [-0.2, 0) is 14.5 Å². The summed E-state index contributed by atoms with van der Waals surface area (Å²) in [7, 11) is -2.41. The van der Waals surface area contributed by atoms with Crippen molar-refractivity contribution in [1.82, 2.24) is 15.0 Å². The van der Waals surface area contributed by atoms with Gasteiger partial charge < -0.3 is 15.4 Å². The topological polar surface area (TPSA) is 124 Å². The Hall–Kier alpha value is -2.59. The lowest BCUT2D eigenvalue weighted by atomic mass is 10.1. The van der Waals surface area contributed by atoms with E-state index in [4.69, 9.17) is 10.5 Å². The van der Waals surface area contributed by atoms with Crippen LogP contribution in [0.2, 0.25) is 0 Å². The molecule has 1 fully saturated rings. The van der Waals surface area contributed by atoms with Crippen LogP contribution < -0.4 is 10.6 Å². The lowest BCUT2D eigenvalue weighted by Crippen LogP contribution is -2.44. The predicted molar refractivity (Wildman–Crippen MR) is 108 cm³/mol. The van der Waals surface area contributed by atoms with Gasteiger partial charge in [0, 0.05) is 46.1 Å². The number of carbonyl (C=O) groups is 1. The molecule has 2 N–H and O–H groups in total. The Morgan fingerprint density at radius 3 is 2.68 bits per heavy atom. The number of anilines is 1. The van der Waals surface area contributed by atoms with Gasteiger partial charge in [0.15, 0.2) is 11.6 Å². The molecule has 0 aromatic carbocycles. The van der Waals surface area contributed by atoms with E-state index in [1.807, 2.05) is 6.92 Å². The van der Waals surface area contributed by atoms with Crippen molar-refractivity contribution < 1.29 is 13.7 Å². The number of aromatic nitrogens is 3. The molecule has 2 aromatic rings. The Morgan fingerprint density at radius 2 is 2.04 bits per heavy atom.